The first kappa shape index (κ1) is 10.9. The van der Waals surface area contributed by atoms with E-state index in [1.54, 1.807) is 0 Å². The number of Topliss-reactive ketones (excluding diaryl/α,β-unsaturated/α-hetero) is 1. The lowest BCUT2D eigenvalue weighted by atomic mass is 9.93. The second-order valence-corrected chi connectivity index (χ2v) is 5.46. The summed E-state index contributed by atoms with van der Waals surface area (Å²) in [7, 11) is 0. The maximum Gasteiger partial charge on any atom is 0.233 e. The third kappa shape index (κ3) is 1.61. The first-order valence-corrected chi connectivity index (χ1v) is 6.57. The van der Waals surface area contributed by atoms with Gasteiger partial charge < -0.3 is 0 Å². The zero-order valence-corrected chi connectivity index (χ0v) is 9.85. The highest BCUT2D eigenvalue weighted by Crippen LogP contribution is 2.41. The lowest BCUT2D eigenvalue weighted by molar-refractivity contribution is -0.145. The Bertz CT molecular complexity index is 358. The van der Waals surface area contributed by atoms with Crippen LogP contribution in [-0.4, -0.2) is 28.5 Å². The van der Waals surface area contributed by atoms with Crippen LogP contribution in [-0.2, 0) is 14.4 Å². The topological polar surface area (TPSA) is 54.5 Å². The Morgan fingerprint density at radius 1 is 0.824 bits per heavy atom. The van der Waals surface area contributed by atoms with Gasteiger partial charge in [-0.15, -0.1) is 0 Å². The molecule has 4 heteroatoms. The Hall–Kier alpha value is -1.19. The molecule has 0 radical (unpaired) electrons. The molecule has 3 rings (SSSR count). The Morgan fingerprint density at radius 3 is 1.88 bits per heavy atom. The summed E-state index contributed by atoms with van der Waals surface area (Å²) in [5.74, 6) is 0.259. The van der Waals surface area contributed by atoms with Gasteiger partial charge in [0.05, 0.1) is 11.8 Å². The van der Waals surface area contributed by atoms with E-state index in [0.717, 1.165) is 19.3 Å². The smallest absolute Gasteiger partial charge is 0.233 e. The Balaban J connectivity index is 1.77. The first-order valence-electron chi connectivity index (χ1n) is 6.57. The highest BCUT2D eigenvalue weighted by atomic mass is 16.2. The standard InChI is InChI=1S/C13H17NO3/c15-9-6-4-8(5-7-9)14-12(16)10-2-1-3-11(10)13(14)17/h8,10-11H,1-7H2. The second-order valence-electron chi connectivity index (χ2n) is 5.46. The van der Waals surface area contributed by atoms with Gasteiger partial charge in [0.25, 0.3) is 0 Å². The lowest BCUT2D eigenvalue weighted by Gasteiger charge is -2.29. The normalized spacial score (nSPS) is 34.6. The molecule has 1 heterocycles. The van der Waals surface area contributed by atoms with Gasteiger partial charge in [0.15, 0.2) is 0 Å². The molecule has 1 saturated heterocycles. The van der Waals surface area contributed by atoms with E-state index >= 15 is 0 Å². The molecule has 2 saturated carbocycles. The maximum absolute atomic E-state index is 12.2. The number of imide groups is 1. The summed E-state index contributed by atoms with van der Waals surface area (Å²) < 4.78 is 0. The second kappa shape index (κ2) is 3.93. The van der Waals surface area contributed by atoms with Gasteiger partial charge in [-0.25, -0.2) is 0 Å². The van der Waals surface area contributed by atoms with Crippen molar-refractivity contribution in [3.63, 3.8) is 0 Å². The van der Waals surface area contributed by atoms with Gasteiger partial charge in [0.2, 0.25) is 11.8 Å². The van der Waals surface area contributed by atoms with Gasteiger partial charge in [0, 0.05) is 18.9 Å². The fourth-order valence-corrected chi connectivity index (χ4v) is 3.56. The number of amides is 2. The molecular weight excluding hydrogens is 218 g/mol. The van der Waals surface area contributed by atoms with Crippen molar-refractivity contribution in [1.82, 2.24) is 4.90 Å². The van der Waals surface area contributed by atoms with Crippen molar-refractivity contribution < 1.29 is 14.4 Å². The summed E-state index contributed by atoms with van der Waals surface area (Å²) in [5.41, 5.74) is 0. The molecule has 1 aliphatic heterocycles. The van der Waals surface area contributed by atoms with Gasteiger partial charge >= 0.3 is 0 Å². The first-order chi connectivity index (χ1) is 8.18. The van der Waals surface area contributed by atoms with Crippen LogP contribution in [0.2, 0.25) is 0 Å². The van der Waals surface area contributed by atoms with Crippen LogP contribution >= 0.6 is 0 Å². The SMILES string of the molecule is O=C1CCC(N2C(=O)C3CCCC3C2=O)CC1. The molecule has 2 atom stereocenters. The molecule has 0 bridgehead atoms. The van der Waals surface area contributed by atoms with Gasteiger partial charge in [-0.1, -0.05) is 6.42 Å². The number of fused-ring (bicyclic) bond motifs is 1. The van der Waals surface area contributed by atoms with Crippen LogP contribution in [0, 0.1) is 11.8 Å². The highest BCUT2D eigenvalue weighted by molar-refractivity contribution is 6.05. The Labute approximate surface area is 100 Å². The molecule has 0 aromatic carbocycles. The van der Waals surface area contributed by atoms with Crippen LogP contribution in [0.5, 0.6) is 0 Å². The molecule has 4 nitrogen and oxygen atoms in total. The summed E-state index contributed by atoms with van der Waals surface area (Å²) in [6.07, 6.45) is 5.15. The zero-order chi connectivity index (χ0) is 12.0. The fraction of sp³-hybridized carbons (Fsp3) is 0.769. The van der Waals surface area contributed by atoms with E-state index in [0.29, 0.717) is 25.7 Å². The number of rotatable bonds is 1. The van der Waals surface area contributed by atoms with E-state index in [4.69, 9.17) is 0 Å². The van der Waals surface area contributed by atoms with E-state index < -0.39 is 0 Å². The van der Waals surface area contributed by atoms with Gasteiger partial charge in [-0.05, 0) is 25.7 Å². The predicted molar refractivity (Wildman–Crippen MR) is 59.9 cm³/mol. The Morgan fingerprint density at radius 2 is 1.35 bits per heavy atom. The quantitative estimate of drug-likeness (QED) is 0.643. The van der Waals surface area contributed by atoms with Crippen molar-refractivity contribution in [3.8, 4) is 0 Å². The monoisotopic (exact) mass is 235 g/mol. The molecule has 92 valence electrons. The van der Waals surface area contributed by atoms with Crippen LogP contribution in [0.3, 0.4) is 0 Å². The maximum atomic E-state index is 12.2. The van der Waals surface area contributed by atoms with Crippen molar-refractivity contribution in [3.05, 3.63) is 0 Å². The zero-order valence-electron chi connectivity index (χ0n) is 9.85. The average Bonchev–Trinajstić information content (AvgIpc) is 2.87. The lowest BCUT2D eigenvalue weighted by Crippen LogP contribution is -2.43. The van der Waals surface area contributed by atoms with Crippen LogP contribution < -0.4 is 0 Å². The molecule has 2 aliphatic carbocycles. The molecule has 0 aromatic rings. The number of likely N-dealkylation sites (tertiary alicyclic amines) is 1. The molecule has 0 aromatic heterocycles. The van der Waals surface area contributed by atoms with Gasteiger partial charge in [-0.2, -0.15) is 0 Å². The number of hydrogen-bond acceptors (Lipinski definition) is 3. The average molecular weight is 235 g/mol. The van der Waals surface area contributed by atoms with Gasteiger partial charge in [-0.3, -0.25) is 19.3 Å². The van der Waals surface area contributed by atoms with Gasteiger partial charge in [0.1, 0.15) is 5.78 Å². The van der Waals surface area contributed by atoms with Crippen LogP contribution in [0.15, 0.2) is 0 Å². The molecule has 17 heavy (non-hydrogen) atoms. The van der Waals surface area contributed by atoms with E-state index in [2.05, 4.69) is 0 Å². The van der Waals surface area contributed by atoms with E-state index in [-0.39, 0.29) is 35.5 Å². The number of carbonyl (C=O) groups excluding carboxylic acids is 3. The molecular formula is C13H17NO3. The number of ketones is 1. The minimum Gasteiger partial charge on any atom is -0.300 e. The Kier molecular flexibility index (Phi) is 2.53. The molecule has 3 aliphatic rings. The van der Waals surface area contributed by atoms with Crippen molar-refractivity contribution in [2.24, 2.45) is 11.8 Å². The summed E-state index contributed by atoms with van der Waals surface area (Å²) >= 11 is 0. The molecule has 3 fully saturated rings. The van der Waals surface area contributed by atoms with E-state index in [9.17, 15) is 14.4 Å². The van der Waals surface area contributed by atoms with E-state index in [1.807, 2.05) is 0 Å². The summed E-state index contributed by atoms with van der Waals surface area (Å²) in [4.78, 5) is 37.1. The summed E-state index contributed by atoms with van der Waals surface area (Å²) in [5, 5.41) is 0. The third-order valence-corrected chi connectivity index (χ3v) is 4.50. The van der Waals surface area contributed by atoms with Crippen molar-refractivity contribution in [2.45, 2.75) is 51.0 Å². The molecule has 0 spiro atoms. The van der Waals surface area contributed by atoms with Crippen LogP contribution in [0.25, 0.3) is 0 Å². The molecule has 2 amide bonds. The minimum absolute atomic E-state index is 0.00157. The van der Waals surface area contributed by atoms with Crippen LogP contribution in [0.1, 0.15) is 44.9 Å². The van der Waals surface area contributed by atoms with Crippen molar-refractivity contribution in [1.29, 1.82) is 0 Å². The molecule has 2 unspecified atom stereocenters. The number of carbonyl (C=O) groups is 3. The largest absolute Gasteiger partial charge is 0.300 e. The molecule has 0 N–H and O–H groups in total. The third-order valence-electron chi connectivity index (χ3n) is 4.50. The number of nitrogens with zero attached hydrogens (tertiary/aromatic N) is 1. The van der Waals surface area contributed by atoms with Crippen molar-refractivity contribution in [2.75, 3.05) is 0 Å². The minimum atomic E-state index is -0.0415. The predicted octanol–water partition coefficient (Wildman–Crippen LogP) is 1.28. The highest BCUT2D eigenvalue weighted by Gasteiger charge is 2.51. The van der Waals surface area contributed by atoms with Crippen LogP contribution in [0.4, 0.5) is 0 Å². The fourth-order valence-electron chi connectivity index (χ4n) is 3.56. The van der Waals surface area contributed by atoms with E-state index in [1.165, 1.54) is 4.90 Å². The summed E-state index contributed by atoms with van der Waals surface area (Å²) in [6.45, 7) is 0. The van der Waals surface area contributed by atoms with Crippen molar-refractivity contribution >= 4 is 17.6 Å². The number of hydrogen-bond donors (Lipinski definition) is 0. The summed E-state index contributed by atoms with van der Waals surface area (Å²) in [6, 6.07) is -0.00157.